The number of non-ortho nitro benzene ring substituents is 1. The molecule has 1 aliphatic heterocycles. The average Bonchev–Trinajstić information content (AvgIpc) is 3.07. The molecule has 0 bridgehead atoms. The number of fused-ring (bicyclic) bond motifs is 1. The lowest BCUT2D eigenvalue weighted by Gasteiger charge is -2.16. The standard InChI is InChI=1S/C24H21ClN4O3/c1-28(2)14-15-3-8-18(9-4-15)26-23(16-5-10-19(11-6-16)29(31)32)22-20-12-7-17(25)13-21(20)27-24(22)30/h3-13,26H,14H2,1-2H3,(H,27,30)/b23-22-. The first kappa shape index (κ1) is 21.5. The third-order valence-corrected chi connectivity index (χ3v) is 5.30. The monoisotopic (exact) mass is 448 g/mol. The molecule has 0 aromatic heterocycles. The zero-order valence-electron chi connectivity index (χ0n) is 17.6. The van der Waals surface area contributed by atoms with Gasteiger partial charge in [-0.25, -0.2) is 0 Å². The fourth-order valence-electron chi connectivity index (χ4n) is 3.63. The molecular weight excluding hydrogens is 428 g/mol. The van der Waals surface area contributed by atoms with Gasteiger partial charge in [0, 0.05) is 35.0 Å². The molecule has 162 valence electrons. The number of amides is 1. The van der Waals surface area contributed by atoms with Crippen molar-refractivity contribution in [1.82, 2.24) is 4.90 Å². The van der Waals surface area contributed by atoms with Gasteiger partial charge in [-0.1, -0.05) is 29.8 Å². The van der Waals surface area contributed by atoms with Crippen molar-refractivity contribution in [2.24, 2.45) is 0 Å². The van der Waals surface area contributed by atoms with E-state index in [9.17, 15) is 14.9 Å². The second kappa shape index (κ2) is 8.82. The van der Waals surface area contributed by atoms with Crippen molar-refractivity contribution >= 4 is 45.8 Å². The van der Waals surface area contributed by atoms with Crippen LogP contribution in [0.4, 0.5) is 17.1 Å². The number of benzene rings is 3. The van der Waals surface area contributed by atoms with Crippen LogP contribution in [-0.4, -0.2) is 29.8 Å². The Kier molecular flexibility index (Phi) is 5.94. The molecule has 0 aliphatic carbocycles. The van der Waals surface area contributed by atoms with E-state index in [1.54, 1.807) is 30.3 Å². The Labute approximate surface area is 190 Å². The summed E-state index contributed by atoms with van der Waals surface area (Å²) in [6, 6.07) is 19.3. The molecule has 1 heterocycles. The molecule has 3 aromatic rings. The van der Waals surface area contributed by atoms with Crippen molar-refractivity contribution in [2.75, 3.05) is 24.7 Å². The Morgan fingerprint density at radius 2 is 1.75 bits per heavy atom. The highest BCUT2D eigenvalue weighted by molar-refractivity contribution is 6.38. The van der Waals surface area contributed by atoms with E-state index < -0.39 is 4.92 Å². The molecule has 8 heteroatoms. The number of anilines is 2. The summed E-state index contributed by atoms with van der Waals surface area (Å²) in [5, 5.41) is 17.8. The van der Waals surface area contributed by atoms with Gasteiger partial charge in [-0.15, -0.1) is 0 Å². The molecule has 1 aliphatic rings. The Morgan fingerprint density at radius 3 is 2.38 bits per heavy atom. The molecule has 1 amide bonds. The highest BCUT2D eigenvalue weighted by Gasteiger charge is 2.28. The minimum Gasteiger partial charge on any atom is -0.354 e. The number of nitrogens with one attached hydrogen (secondary N) is 2. The number of nitrogens with zero attached hydrogens (tertiary/aromatic N) is 2. The summed E-state index contributed by atoms with van der Waals surface area (Å²) in [6.07, 6.45) is 0. The van der Waals surface area contributed by atoms with Crippen LogP contribution < -0.4 is 10.6 Å². The largest absolute Gasteiger partial charge is 0.354 e. The van der Waals surface area contributed by atoms with Gasteiger partial charge >= 0.3 is 0 Å². The van der Waals surface area contributed by atoms with Gasteiger partial charge in [-0.2, -0.15) is 0 Å². The minimum atomic E-state index is -0.451. The van der Waals surface area contributed by atoms with Gasteiger partial charge in [-0.3, -0.25) is 14.9 Å². The molecule has 7 nitrogen and oxygen atoms in total. The van der Waals surface area contributed by atoms with Crippen molar-refractivity contribution in [3.8, 4) is 0 Å². The van der Waals surface area contributed by atoms with Crippen LogP contribution in [0.15, 0.2) is 66.7 Å². The zero-order chi connectivity index (χ0) is 22.8. The maximum Gasteiger partial charge on any atom is 0.269 e. The van der Waals surface area contributed by atoms with E-state index >= 15 is 0 Å². The quantitative estimate of drug-likeness (QED) is 0.306. The number of hydrogen-bond donors (Lipinski definition) is 2. The molecule has 0 saturated carbocycles. The van der Waals surface area contributed by atoms with E-state index in [0.29, 0.717) is 33.1 Å². The van der Waals surface area contributed by atoms with E-state index in [1.807, 2.05) is 38.4 Å². The van der Waals surface area contributed by atoms with Crippen molar-refractivity contribution in [2.45, 2.75) is 6.54 Å². The number of rotatable bonds is 6. The van der Waals surface area contributed by atoms with Gasteiger partial charge in [-0.05, 0) is 61.6 Å². The van der Waals surface area contributed by atoms with Gasteiger partial charge in [0.15, 0.2) is 0 Å². The molecule has 0 unspecified atom stereocenters. The van der Waals surface area contributed by atoms with Gasteiger partial charge in [0.2, 0.25) is 0 Å². The Bertz CT molecular complexity index is 1220. The van der Waals surface area contributed by atoms with Crippen molar-refractivity contribution in [3.63, 3.8) is 0 Å². The maximum absolute atomic E-state index is 12.9. The summed E-state index contributed by atoms with van der Waals surface area (Å²) in [6.45, 7) is 0.813. The molecule has 0 spiro atoms. The normalized spacial score (nSPS) is 14.2. The second-order valence-corrected chi connectivity index (χ2v) is 8.19. The Balaban J connectivity index is 1.80. The van der Waals surface area contributed by atoms with Crippen LogP contribution in [0, 0.1) is 10.1 Å². The SMILES string of the molecule is CN(C)Cc1ccc(N/C(=C2\C(=O)Nc3cc(Cl)ccc32)c2ccc([N+](=O)[O-])cc2)cc1. The number of hydrogen-bond acceptors (Lipinski definition) is 5. The highest BCUT2D eigenvalue weighted by Crippen LogP contribution is 2.39. The molecular formula is C24H21ClN4O3. The number of carbonyl (C=O) groups excluding carboxylic acids is 1. The minimum absolute atomic E-state index is 0.0193. The first-order valence-electron chi connectivity index (χ1n) is 9.93. The van der Waals surface area contributed by atoms with E-state index in [2.05, 4.69) is 15.5 Å². The number of nitro groups is 1. The number of carbonyl (C=O) groups is 1. The molecule has 4 rings (SSSR count). The van der Waals surface area contributed by atoms with Crippen LogP contribution in [-0.2, 0) is 11.3 Å². The van der Waals surface area contributed by atoms with Crippen molar-refractivity contribution < 1.29 is 9.72 Å². The van der Waals surface area contributed by atoms with E-state index in [1.165, 1.54) is 12.1 Å². The maximum atomic E-state index is 12.9. The average molecular weight is 449 g/mol. The summed E-state index contributed by atoms with van der Waals surface area (Å²) in [5.41, 5.74) is 4.92. The first-order valence-corrected chi connectivity index (χ1v) is 10.3. The Hall–Kier alpha value is -3.68. The fourth-order valence-corrected chi connectivity index (χ4v) is 3.80. The lowest BCUT2D eigenvalue weighted by atomic mass is 9.99. The molecule has 2 N–H and O–H groups in total. The van der Waals surface area contributed by atoms with Crippen LogP contribution in [0.3, 0.4) is 0 Å². The molecule has 0 radical (unpaired) electrons. The van der Waals surface area contributed by atoms with Gasteiger partial charge in [0.25, 0.3) is 11.6 Å². The van der Waals surface area contributed by atoms with Crippen LogP contribution >= 0.6 is 11.6 Å². The highest BCUT2D eigenvalue weighted by atomic mass is 35.5. The first-order chi connectivity index (χ1) is 15.3. The molecule has 0 saturated heterocycles. The summed E-state index contributed by atoms with van der Waals surface area (Å²) in [4.78, 5) is 25.6. The molecule has 3 aromatic carbocycles. The molecule has 0 atom stereocenters. The second-order valence-electron chi connectivity index (χ2n) is 7.76. The smallest absolute Gasteiger partial charge is 0.269 e. The van der Waals surface area contributed by atoms with Crippen molar-refractivity contribution in [3.05, 3.63) is 98.6 Å². The van der Waals surface area contributed by atoms with E-state index in [-0.39, 0.29) is 11.6 Å². The lowest BCUT2D eigenvalue weighted by Crippen LogP contribution is -2.11. The summed E-state index contributed by atoms with van der Waals surface area (Å²) >= 11 is 6.09. The van der Waals surface area contributed by atoms with E-state index in [0.717, 1.165) is 17.8 Å². The topological polar surface area (TPSA) is 87.5 Å². The third-order valence-electron chi connectivity index (χ3n) is 5.07. The predicted octanol–water partition coefficient (Wildman–Crippen LogP) is 5.24. The number of nitro benzene ring substituents is 1. The number of halogens is 1. The molecule has 0 fully saturated rings. The van der Waals surface area contributed by atoms with Crippen LogP contribution in [0.5, 0.6) is 0 Å². The lowest BCUT2D eigenvalue weighted by molar-refractivity contribution is -0.384. The third kappa shape index (κ3) is 4.49. The van der Waals surface area contributed by atoms with Crippen LogP contribution in [0.2, 0.25) is 5.02 Å². The predicted molar refractivity (Wildman–Crippen MR) is 127 cm³/mol. The van der Waals surface area contributed by atoms with Gasteiger partial charge < -0.3 is 15.5 Å². The van der Waals surface area contributed by atoms with E-state index in [4.69, 9.17) is 11.6 Å². The fraction of sp³-hybridized carbons (Fsp3) is 0.125. The van der Waals surface area contributed by atoms with Crippen molar-refractivity contribution in [1.29, 1.82) is 0 Å². The summed E-state index contributed by atoms with van der Waals surface area (Å²) in [5.74, 6) is -0.271. The molecule has 32 heavy (non-hydrogen) atoms. The van der Waals surface area contributed by atoms with Gasteiger partial charge in [0.05, 0.1) is 21.9 Å². The summed E-state index contributed by atoms with van der Waals surface area (Å²) in [7, 11) is 4.01. The summed E-state index contributed by atoms with van der Waals surface area (Å²) < 4.78 is 0. The Morgan fingerprint density at radius 1 is 1.06 bits per heavy atom. The zero-order valence-corrected chi connectivity index (χ0v) is 18.3. The van der Waals surface area contributed by atoms with Gasteiger partial charge in [0.1, 0.15) is 0 Å². The van der Waals surface area contributed by atoms with Crippen LogP contribution in [0.1, 0.15) is 16.7 Å². The van der Waals surface area contributed by atoms with Crippen LogP contribution in [0.25, 0.3) is 11.3 Å².